The van der Waals surface area contributed by atoms with Gasteiger partial charge in [0.05, 0.1) is 0 Å². The summed E-state index contributed by atoms with van der Waals surface area (Å²) in [6, 6.07) is 15.2. The van der Waals surface area contributed by atoms with Crippen LogP contribution in [-0.2, 0) is 0 Å². The molecule has 92 valence electrons. The number of urea groups is 1. The van der Waals surface area contributed by atoms with Crippen LogP contribution in [0.15, 0.2) is 48.5 Å². The minimum Gasteiger partial charge on any atom is -0.308 e. The first-order valence-corrected chi connectivity index (χ1v) is 5.85. The molecule has 0 heterocycles. The van der Waals surface area contributed by atoms with E-state index in [0.717, 1.165) is 22.5 Å². The molecule has 0 aliphatic carbocycles. The summed E-state index contributed by atoms with van der Waals surface area (Å²) in [6.07, 6.45) is 0. The van der Waals surface area contributed by atoms with Crippen molar-refractivity contribution >= 4 is 17.4 Å². The number of amides is 2. The van der Waals surface area contributed by atoms with Crippen molar-refractivity contribution in [1.82, 2.24) is 0 Å². The van der Waals surface area contributed by atoms with Crippen LogP contribution in [0.25, 0.3) is 0 Å². The summed E-state index contributed by atoms with van der Waals surface area (Å²) in [7, 11) is 0. The van der Waals surface area contributed by atoms with Crippen LogP contribution in [0.3, 0.4) is 0 Å². The minimum absolute atomic E-state index is 0.227. The number of hydrogen-bond acceptors (Lipinski definition) is 1. The molecule has 3 nitrogen and oxygen atoms in total. The van der Waals surface area contributed by atoms with Gasteiger partial charge < -0.3 is 10.6 Å². The van der Waals surface area contributed by atoms with Crippen molar-refractivity contribution in [3.63, 3.8) is 0 Å². The fourth-order valence-corrected chi connectivity index (χ4v) is 1.72. The molecule has 0 saturated heterocycles. The van der Waals surface area contributed by atoms with Crippen molar-refractivity contribution in [2.45, 2.75) is 13.8 Å². The molecule has 0 aromatic heterocycles. The average molecular weight is 240 g/mol. The first kappa shape index (κ1) is 12.2. The summed E-state index contributed by atoms with van der Waals surface area (Å²) in [4.78, 5) is 11.8. The lowest BCUT2D eigenvalue weighted by Gasteiger charge is -2.09. The summed E-state index contributed by atoms with van der Waals surface area (Å²) < 4.78 is 0. The number of para-hydroxylation sites is 1. The van der Waals surface area contributed by atoms with Crippen LogP contribution in [0.5, 0.6) is 0 Å². The standard InChI is InChI=1S/C15H16N2O/c1-11-6-5-8-13(10-11)16-15(18)17-14-9-4-3-7-12(14)2/h3-10H,1-2H3,(H2,16,17,18). The number of nitrogens with one attached hydrogen (secondary N) is 2. The minimum atomic E-state index is -0.227. The third-order valence-electron chi connectivity index (χ3n) is 2.67. The molecule has 0 radical (unpaired) electrons. The third kappa shape index (κ3) is 3.10. The Balaban J connectivity index is 2.03. The average Bonchev–Trinajstić information content (AvgIpc) is 2.32. The topological polar surface area (TPSA) is 41.1 Å². The number of benzene rings is 2. The van der Waals surface area contributed by atoms with E-state index in [1.807, 2.05) is 62.4 Å². The van der Waals surface area contributed by atoms with Crippen molar-refractivity contribution in [3.8, 4) is 0 Å². The third-order valence-corrected chi connectivity index (χ3v) is 2.67. The molecule has 0 fully saturated rings. The molecule has 0 atom stereocenters. The number of hydrogen-bond donors (Lipinski definition) is 2. The normalized spacial score (nSPS) is 9.89. The van der Waals surface area contributed by atoms with Gasteiger partial charge in [0.2, 0.25) is 0 Å². The molecule has 0 aliphatic rings. The van der Waals surface area contributed by atoms with E-state index in [9.17, 15) is 4.79 Å². The maximum absolute atomic E-state index is 11.8. The van der Waals surface area contributed by atoms with Crippen molar-refractivity contribution < 1.29 is 4.79 Å². The highest BCUT2D eigenvalue weighted by Gasteiger charge is 2.04. The summed E-state index contributed by atoms with van der Waals surface area (Å²) in [5, 5.41) is 5.64. The largest absolute Gasteiger partial charge is 0.323 e. The van der Waals surface area contributed by atoms with E-state index in [2.05, 4.69) is 10.6 Å². The Morgan fingerprint density at radius 1 is 0.944 bits per heavy atom. The first-order chi connectivity index (χ1) is 8.65. The lowest BCUT2D eigenvalue weighted by atomic mass is 10.2. The maximum Gasteiger partial charge on any atom is 0.323 e. The van der Waals surface area contributed by atoms with Crippen LogP contribution >= 0.6 is 0 Å². The predicted octanol–water partition coefficient (Wildman–Crippen LogP) is 3.95. The smallest absolute Gasteiger partial charge is 0.308 e. The monoisotopic (exact) mass is 240 g/mol. The molecule has 18 heavy (non-hydrogen) atoms. The van der Waals surface area contributed by atoms with Crippen LogP contribution in [0.1, 0.15) is 11.1 Å². The van der Waals surface area contributed by atoms with Gasteiger partial charge in [-0.1, -0.05) is 30.3 Å². The first-order valence-electron chi connectivity index (χ1n) is 5.85. The van der Waals surface area contributed by atoms with Gasteiger partial charge in [0.25, 0.3) is 0 Å². The highest BCUT2D eigenvalue weighted by atomic mass is 16.2. The number of aryl methyl sites for hydroxylation is 2. The van der Waals surface area contributed by atoms with Gasteiger partial charge in [0.1, 0.15) is 0 Å². The molecule has 0 saturated carbocycles. The second-order valence-electron chi connectivity index (χ2n) is 4.26. The Morgan fingerprint density at radius 2 is 1.72 bits per heavy atom. The zero-order valence-corrected chi connectivity index (χ0v) is 10.5. The van der Waals surface area contributed by atoms with Crippen molar-refractivity contribution in [1.29, 1.82) is 0 Å². The highest BCUT2D eigenvalue weighted by Crippen LogP contribution is 2.14. The van der Waals surface area contributed by atoms with E-state index in [0.29, 0.717) is 0 Å². The van der Waals surface area contributed by atoms with Crippen LogP contribution in [0.2, 0.25) is 0 Å². The molecule has 2 aromatic rings. The van der Waals surface area contributed by atoms with Crippen LogP contribution < -0.4 is 10.6 Å². The molecule has 0 spiro atoms. The molecule has 0 bridgehead atoms. The summed E-state index contributed by atoms with van der Waals surface area (Å²) in [6.45, 7) is 3.95. The second-order valence-corrected chi connectivity index (χ2v) is 4.26. The van der Waals surface area contributed by atoms with E-state index in [1.54, 1.807) is 0 Å². The molecule has 0 aliphatic heterocycles. The Bertz CT molecular complexity index is 564. The zero-order chi connectivity index (χ0) is 13.0. The van der Waals surface area contributed by atoms with Gasteiger partial charge >= 0.3 is 6.03 Å². The Morgan fingerprint density at radius 3 is 2.44 bits per heavy atom. The Hall–Kier alpha value is -2.29. The molecule has 3 heteroatoms. The second kappa shape index (κ2) is 5.36. The van der Waals surface area contributed by atoms with Gasteiger partial charge in [0, 0.05) is 11.4 Å². The van der Waals surface area contributed by atoms with E-state index in [-0.39, 0.29) is 6.03 Å². The van der Waals surface area contributed by atoms with Gasteiger partial charge in [-0.25, -0.2) is 4.79 Å². The molecule has 2 amide bonds. The van der Waals surface area contributed by atoms with Gasteiger partial charge in [-0.2, -0.15) is 0 Å². The summed E-state index contributed by atoms with van der Waals surface area (Å²) in [5.41, 5.74) is 3.77. The van der Waals surface area contributed by atoms with Gasteiger partial charge in [0.15, 0.2) is 0 Å². The van der Waals surface area contributed by atoms with E-state index < -0.39 is 0 Å². The molecule has 0 unspecified atom stereocenters. The highest BCUT2D eigenvalue weighted by molar-refractivity contribution is 6.00. The number of rotatable bonds is 2. The van der Waals surface area contributed by atoms with Gasteiger partial charge in [-0.05, 0) is 43.2 Å². The Kier molecular flexibility index (Phi) is 3.63. The van der Waals surface area contributed by atoms with Crippen molar-refractivity contribution in [2.24, 2.45) is 0 Å². The van der Waals surface area contributed by atoms with Crippen molar-refractivity contribution in [2.75, 3.05) is 10.6 Å². The SMILES string of the molecule is Cc1cccc(NC(=O)Nc2ccccc2C)c1. The number of carbonyl (C=O) groups excluding carboxylic acids is 1. The fourth-order valence-electron chi connectivity index (χ4n) is 1.72. The van der Waals surface area contributed by atoms with Gasteiger partial charge in [-0.3, -0.25) is 0 Å². The van der Waals surface area contributed by atoms with Gasteiger partial charge in [-0.15, -0.1) is 0 Å². The van der Waals surface area contributed by atoms with E-state index >= 15 is 0 Å². The van der Waals surface area contributed by atoms with E-state index in [4.69, 9.17) is 0 Å². The fraction of sp³-hybridized carbons (Fsp3) is 0.133. The predicted molar refractivity (Wildman–Crippen MR) is 75.0 cm³/mol. The van der Waals surface area contributed by atoms with Crippen LogP contribution in [0.4, 0.5) is 16.2 Å². The number of carbonyl (C=O) groups is 1. The number of anilines is 2. The van der Waals surface area contributed by atoms with Crippen LogP contribution in [-0.4, -0.2) is 6.03 Å². The maximum atomic E-state index is 11.8. The van der Waals surface area contributed by atoms with Crippen molar-refractivity contribution in [3.05, 3.63) is 59.7 Å². The molecular formula is C15H16N2O. The quantitative estimate of drug-likeness (QED) is 0.820. The Labute approximate surface area is 107 Å². The molecular weight excluding hydrogens is 224 g/mol. The van der Waals surface area contributed by atoms with E-state index in [1.165, 1.54) is 0 Å². The molecule has 2 N–H and O–H groups in total. The lowest BCUT2D eigenvalue weighted by Crippen LogP contribution is -2.19. The zero-order valence-electron chi connectivity index (χ0n) is 10.5. The molecule has 2 rings (SSSR count). The lowest BCUT2D eigenvalue weighted by molar-refractivity contribution is 0.262. The summed E-state index contributed by atoms with van der Waals surface area (Å²) >= 11 is 0. The molecule has 2 aromatic carbocycles. The summed E-state index contributed by atoms with van der Waals surface area (Å²) in [5.74, 6) is 0. The van der Waals surface area contributed by atoms with Crippen LogP contribution in [0, 0.1) is 13.8 Å².